The first-order valence-electron chi connectivity index (χ1n) is 6.71. The standard InChI is InChI=1S/C13H20N4O2S/c14-13(15)6-9-17(12-4-5-12)20(18,19)10-7-11-3-1-2-8-16-11/h1-3,8,12H,4-7,9-10H2,(H3,14,15). The van der Waals surface area contributed by atoms with E-state index in [1.54, 1.807) is 12.3 Å². The molecular formula is C13H20N4O2S. The van der Waals surface area contributed by atoms with Crippen LogP contribution in [0, 0.1) is 5.41 Å². The van der Waals surface area contributed by atoms with Crippen LogP contribution in [0.3, 0.4) is 0 Å². The van der Waals surface area contributed by atoms with Crippen molar-refractivity contribution in [3.8, 4) is 0 Å². The highest BCUT2D eigenvalue weighted by atomic mass is 32.2. The van der Waals surface area contributed by atoms with Crippen LogP contribution >= 0.6 is 0 Å². The summed E-state index contributed by atoms with van der Waals surface area (Å²) < 4.78 is 26.3. The molecule has 0 radical (unpaired) electrons. The Morgan fingerprint density at radius 1 is 1.45 bits per heavy atom. The fraction of sp³-hybridized carbons (Fsp3) is 0.538. The molecule has 1 aliphatic carbocycles. The number of aromatic nitrogens is 1. The van der Waals surface area contributed by atoms with Crippen molar-refractivity contribution >= 4 is 15.9 Å². The zero-order chi connectivity index (χ0) is 14.6. The van der Waals surface area contributed by atoms with E-state index in [-0.39, 0.29) is 17.6 Å². The van der Waals surface area contributed by atoms with Crippen LogP contribution in [0.15, 0.2) is 24.4 Å². The van der Waals surface area contributed by atoms with Gasteiger partial charge in [0.1, 0.15) is 0 Å². The molecule has 0 aromatic carbocycles. The Morgan fingerprint density at radius 2 is 2.20 bits per heavy atom. The van der Waals surface area contributed by atoms with Gasteiger partial charge in [-0.2, -0.15) is 4.31 Å². The molecule has 0 saturated heterocycles. The highest BCUT2D eigenvalue weighted by Gasteiger charge is 2.36. The van der Waals surface area contributed by atoms with Crippen LogP contribution < -0.4 is 5.73 Å². The molecule has 1 aromatic heterocycles. The van der Waals surface area contributed by atoms with Gasteiger partial charge in [0.2, 0.25) is 10.0 Å². The summed E-state index contributed by atoms with van der Waals surface area (Å²) in [7, 11) is -3.31. The Labute approximate surface area is 119 Å². The molecule has 6 nitrogen and oxygen atoms in total. The summed E-state index contributed by atoms with van der Waals surface area (Å²) in [5.41, 5.74) is 6.10. The van der Waals surface area contributed by atoms with Gasteiger partial charge in [-0.05, 0) is 25.0 Å². The molecule has 0 bridgehead atoms. The van der Waals surface area contributed by atoms with Crippen LogP contribution in [0.1, 0.15) is 25.0 Å². The molecule has 1 aromatic rings. The van der Waals surface area contributed by atoms with Crippen LogP contribution in [0.25, 0.3) is 0 Å². The number of pyridine rings is 1. The number of nitrogens with one attached hydrogen (secondary N) is 1. The molecule has 110 valence electrons. The molecule has 20 heavy (non-hydrogen) atoms. The zero-order valence-corrected chi connectivity index (χ0v) is 12.1. The summed E-state index contributed by atoms with van der Waals surface area (Å²) in [6.45, 7) is 0.310. The number of nitrogens with zero attached hydrogens (tertiary/aromatic N) is 2. The van der Waals surface area contributed by atoms with Gasteiger partial charge >= 0.3 is 0 Å². The van der Waals surface area contributed by atoms with Crippen molar-refractivity contribution in [3.63, 3.8) is 0 Å². The third kappa shape index (κ3) is 4.28. The molecule has 1 saturated carbocycles. The molecular weight excluding hydrogens is 276 g/mol. The van der Waals surface area contributed by atoms with Crippen molar-refractivity contribution in [3.05, 3.63) is 30.1 Å². The Bertz CT molecular complexity index is 555. The Morgan fingerprint density at radius 3 is 2.75 bits per heavy atom. The van der Waals surface area contributed by atoms with Gasteiger partial charge in [0, 0.05) is 37.3 Å². The summed E-state index contributed by atoms with van der Waals surface area (Å²) >= 11 is 0. The van der Waals surface area contributed by atoms with Gasteiger partial charge in [0.05, 0.1) is 11.6 Å². The minimum absolute atomic E-state index is 0.0237. The number of hydrogen-bond acceptors (Lipinski definition) is 4. The largest absolute Gasteiger partial charge is 0.388 e. The predicted molar refractivity (Wildman–Crippen MR) is 78.0 cm³/mol. The van der Waals surface area contributed by atoms with E-state index in [9.17, 15) is 8.42 Å². The van der Waals surface area contributed by atoms with E-state index < -0.39 is 10.0 Å². The maximum atomic E-state index is 12.4. The number of amidine groups is 1. The molecule has 0 unspecified atom stereocenters. The summed E-state index contributed by atoms with van der Waals surface area (Å²) in [5, 5.41) is 7.24. The van der Waals surface area contributed by atoms with Crippen LogP contribution in [-0.2, 0) is 16.4 Å². The Kier molecular flexibility index (Phi) is 4.72. The van der Waals surface area contributed by atoms with E-state index in [1.807, 2.05) is 12.1 Å². The second-order valence-electron chi connectivity index (χ2n) is 5.00. The van der Waals surface area contributed by atoms with Gasteiger partial charge in [0.15, 0.2) is 0 Å². The monoisotopic (exact) mass is 296 g/mol. The van der Waals surface area contributed by atoms with Gasteiger partial charge in [-0.3, -0.25) is 10.4 Å². The molecule has 1 heterocycles. The minimum Gasteiger partial charge on any atom is -0.388 e. The summed E-state index contributed by atoms with van der Waals surface area (Å²) in [6, 6.07) is 5.58. The van der Waals surface area contributed by atoms with E-state index in [0.29, 0.717) is 19.4 Å². The molecule has 1 fully saturated rings. The normalized spacial score (nSPS) is 15.4. The second kappa shape index (κ2) is 6.32. The number of nitrogens with two attached hydrogens (primary N) is 1. The van der Waals surface area contributed by atoms with Crippen molar-refractivity contribution in [2.75, 3.05) is 12.3 Å². The van der Waals surface area contributed by atoms with Crippen LogP contribution in [-0.4, -0.2) is 41.9 Å². The molecule has 7 heteroatoms. The number of sulfonamides is 1. The lowest BCUT2D eigenvalue weighted by Gasteiger charge is -2.21. The highest BCUT2D eigenvalue weighted by Crippen LogP contribution is 2.29. The fourth-order valence-electron chi connectivity index (χ4n) is 2.04. The van der Waals surface area contributed by atoms with Gasteiger partial charge in [0.25, 0.3) is 0 Å². The summed E-state index contributed by atoms with van der Waals surface area (Å²) in [4.78, 5) is 4.14. The van der Waals surface area contributed by atoms with Crippen molar-refractivity contribution in [2.24, 2.45) is 5.73 Å². The number of aryl methyl sites for hydroxylation is 1. The Hall–Kier alpha value is -1.47. The first-order valence-corrected chi connectivity index (χ1v) is 8.32. The minimum atomic E-state index is -3.31. The fourth-order valence-corrected chi connectivity index (χ4v) is 3.77. The third-order valence-corrected chi connectivity index (χ3v) is 5.17. The molecule has 0 atom stereocenters. The predicted octanol–water partition coefficient (Wildman–Crippen LogP) is 0.744. The lowest BCUT2D eigenvalue weighted by Crippen LogP contribution is -2.37. The van der Waals surface area contributed by atoms with Crippen LogP contribution in [0.4, 0.5) is 0 Å². The quantitative estimate of drug-likeness (QED) is 0.546. The lowest BCUT2D eigenvalue weighted by atomic mass is 10.3. The van der Waals surface area contributed by atoms with Crippen molar-refractivity contribution in [1.82, 2.24) is 9.29 Å². The number of rotatable bonds is 8. The summed E-state index contributed by atoms with van der Waals surface area (Å²) in [5.74, 6) is 0.0777. The summed E-state index contributed by atoms with van der Waals surface area (Å²) in [6.07, 6.45) is 4.17. The Balaban J connectivity index is 1.97. The molecule has 0 spiro atoms. The van der Waals surface area contributed by atoms with Crippen molar-refractivity contribution < 1.29 is 8.42 Å². The number of hydrogen-bond donors (Lipinski definition) is 2. The second-order valence-corrected chi connectivity index (χ2v) is 7.05. The highest BCUT2D eigenvalue weighted by molar-refractivity contribution is 7.89. The maximum absolute atomic E-state index is 12.4. The maximum Gasteiger partial charge on any atom is 0.214 e. The molecule has 1 aliphatic rings. The van der Waals surface area contributed by atoms with Crippen LogP contribution in [0.5, 0.6) is 0 Å². The zero-order valence-electron chi connectivity index (χ0n) is 11.3. The van der Waals surface area contributed by atoms with Gasteiger partial charge in [-0.15, -0.1) is 0 Å². The smallest absolute Gasteiger partial charge is 0.214 e. The van der Waals surface area contributed by atoms with E-state index in [1.165, 1.54) is 4.31 Å². The molecule has 3 N–H and O–H groups in total. The average molecular weight is 296 g/mol. The lowest BCUT2D eigenvalue weighted by molar-refractivity contribution is 0.412. The van der Waals surface area contributed by atoms with E-state index in [4.69, 9.17) is 11.1 Å². The van der Waals surface area contributed by atoms with Gasteiger partial charge < -0.3 is 5.73 Å². The van der Waals surface area contributed by atoms with E-state index in [2.05, 4.69) is 4.98 Å². The topological polar surface area (TPSA) is 100 Å². The van der Waals surface area contributed by atoms with Crippen LogP contribution in [0.2, 0.25) is 0 Å². The SMILES string of the molecule is N=C(N)CCN(C1CC1)S(=O)(=O)CCc1ccccn1. The molecule has 2 rings (SSSR count). The van der Waals surface area contributed by atoms with Gasteiger partial charge in [-0.1, -0.05) is 6.07 Å². The van der Waals surface area contributed by atoms with E-state index >= 15 is 0 Å². The molecule has 0 aliphatic heterocycles. The van der Waals surface area contributed by atoms with Crippen molar-refractivity contribution in [1.29, 1.82) is 5.41 Å². The van der Waals surface area contributed by atoms with Crippen molar-refractivity contribution in [2.45, 2.75) is 31.7 Å². The average Bonchev–Trinajstić information content (AvgIpc) is 3.22. The van der Waals surface area contributed by atoms with E-state index in [0.717, 1.165) is 18.5 Å². The third-order valence-electron chi connectivity index (χ3n) is 3.26. The first kappa shape index (κ1) is 14.9. The first-order chi connectivity index (χ1) is 9.49. The molecule has 0 amide bonds. The van der Waals surface area contributed by atoms with Gasteiger partial charge in [-0.25, -0.2) is 8.42 Å².